The number of aliphatic carboxylic acids is 1. The summed E-state index contributed by atoms with van der Waals surface area (Å²) in [6.45, 7) is 9.77. The molecule has 0 atom stereocenters. The Labute approximate surface area is 206 Å². The van der Waals surface area contributed by atoms with Crippen molar-refractivity contribution in [3.05, 3.63) is 59.2 Å². The number of ether oxygens (including phenoxy) is 1. The van der Waals surface area contributed by atoms with Gasteiger partial charge in [0.1, 0.15) is 9.96 Å². The van der Waals surface area contributed by atoms with Crippen LogP contribution >= 0.6 is 11.3 Å². The Morgan fingerprint density at radius 3 is 2.53 bits per heavy atom. The lowest BCUT2D eigenvalue weighted by Gasteiger charge is -2.22. The Morgan fingerprint density at radius 1 is 1.12 bits per heavy atom. The van der Waals surface area contributed by atoms with E-state index in [4.69, 9.17) is 4.74 Å². The standard InChI is InChI=1S/C26H33NO5S2/c1-6-14-27(34(30,31)24-19(3)22-16-18(2)12-13-23(22)33-24)15-8-10-20-9-7-11-21(17-20)32-26(4,5)25(28)29/h7,9,11-13,16-17H,6,8,10,14-15H2,1-5H3,(H,28,29). The first kappa shape index (κ1) is 26.2. The minimum Gasteiger partial charge on any atom is -0.478 e. The van der Waals surface area contributed by atoms with E-state index in [-0.39, 0.29) is 0 Å². The number of benzene rings is 2. The summed E-state index contributed by atoms with van der Waals surface area (Å²) in [5.41, 5.74) is 1.57. The number of carboxylic acid groups (broad SMARTS) is 1. The van der Waals surface area contributed by atoms with Crippen molar-refractivity contribution >= 4 is 37.4 Å². The van der Waals surface area contributed by atoms with Crippen LogP contribution in [-0.4, -0.2) is 42.5 Å². The van der Waals surface area contributed by atoms with E-state index < -0.39 is 21.6 Å². The third-order valence-electron chi connectivity index (χ3n) is 5.75. The molecule has 0 aliphatic rings. The lowest BCUT2D eigenvalue weighted by atomic mass is 10.1. The highest BCUT2D eigenvalue weighted by Crippen LogP contribution is 2.36. The van der Waals surface area contributed by atoms with Crippen molar-refractivity contribution in [3.8, 4) is 5.75 Å². The predicted octanol–water partition coefficient (Wildman–Crippen LogP) is 5.79. The third kappa shape index (κ3) is 5.79. The number of sulfonamides is 1. The molecule has 0 aliphatic heterocycles. The van der Waals surface area contributed by atoms with Gasteiger partial charge in [0.2, 0.25) is 0 Å². The highest BCUT2D eigenvalue weighted by atomic mass is 32.2. The van der Waals surface area contributed by atoms with E-state index in [1.807, 2.05) is 57.2 Å². The molecule has 1 aromatic heterocycles. The van der Waals surface area contributed by atoms with Crippen LogP contribution in [0.4, 0.5) is 0 Å². The molecule has 0 fully saturated rings. The first-order valence-electron chi connectivity index (χ1n) is 11.5. The van der Waals surface area contributed by atoms with Gasteiger partial charge >= 0.3 is 5.97 Å². The number of carboxylic acids is 1. The molecule has 0 saturated carbocycles. The number of rotatable bonds is 11. The maximum Gasteiger partial charge on any atom is 0.347 e. The van der Waals surface area contributed by atoms with Gasteiger partial charge in [-0.05, 0) is 81.7 Å². The largest absolute Gasteiger partial charge is 0.478 e. The Kier molecular flexibility index (Phi) is 8.06. The second kappa shape index (κ2) is 10.5. The lowest BCUT2D eigenvalue weighted by Crippen LogP contribution is -2.37. The van der Waals surface area contributed by atoms with E-state index in [0.29, 0.717) is 35.9 Å². The number of aryl methyl sites for hydroxylation is 3. The average molecular weight is 504 g/mol. The Balaban J connectivity index is 1.74. The summed E-state index contributed by atoms with van der Waals surface area (Å²) in [4.78, 5) is 11.3. The molecule has 3 aromatic rings. The molecular formula is C26H33NO5S2. The minimum absolute atomic E-state index is 0.411. The van der Waals surface area contributed by atoms with Crippen molar-refractivity contribution < 1.29 is 23.1 Å². The van der Waals surface area contributed by atoms with E-state index in [1.54, 1.807) is 10.4 Å². The maximum absolute atomic E-state index is 13.6. The summed E-state index contributed by atoms with van der Waals surface area (Å²) >= 11 is 1.34. The van der Waals surface area contributed by atoms with Gasteiger partial charge in [-0.3, -0.25) is 0 Å². The molecule has 0 radical (unpaired) electrons. The Hall–Kier alpha value is -2.42. The summed E-state index contributed by atoms with van der Waals surface area (Å²) in [7, 11) is -3.60. The molecule has 0 saturated heterocycles. The van der Waals surface area contributed by atoms with Gasteiger partial charge in [0.25, 0.3) is 10.0 Å². The normalized spacial score (nSPS) is 12.4. The van der Waals surface area contributed by atoms with Crippen LogP contribution in [0, 0.1) is 13.8 Å². The van der Waals surface area contributed by atoms with Gasteiger partial charge in [0.15, 0.2) is 5.60 Å². The highest BCUT2D eigenvalue weighted by molar-refractivity contribution is 7.91. The van der Waals surface area contributed by atoms with Crippen molar-refractivity contribution in [2.24, 2.45) is 0 Å². The molecule has 0 unspecified atom stereocenters. The first-order valence-corrected chi connectivity index (χ1v) is 13.7. The van der Waals surface area contributed by atoms with Gasteiger partial charge in [-0.25, -0.2) is 13.2 Å². The monoisotopic (exact) mass is 503 g/mol. The molecule has 2 aromatic carbocycles. The van der Waals surface area contributed by atoms with Crippen LogP contribution in [0.15, 0.2) is 46.7 Å². The van der Waals surface area contributed by atoms with Crippen LogP contribution in [0.2, 0.25) is 0 Å². The summed E-state index contributed by atoms with van der Waals surface area (Å²) in [6, 6.07) is 13.4. The van der Waals surface area contributed by atoms with Crippen LogP contribution in [0.1, 0.15) is 50.3 Å². The maximum atomic E-state index is 13.6. The average Bonchev–Trinajstić information content (AvgIpc) is 3.09. The summed E-state index contributed by atoms with van der Waals surface area (Å²) in [5, 5.41) is 10.3. The van der Waals surface area contributed by atoms with Crippen LogP contribution in [0.25, 0.3) is 10.1 Å². The smallest absolute Gasteiger partial charge is 0.347 e. The number of nitrogens with zero attached hydrogens (tertiary/aromatic N) is 1. The molecular weight excluding hydrogens is 470 g/mol. The molecule has 184 valence electrons. The minimum atomic E-state index is -3.60. The summed E-state index contributed by atoms with van der Waals surface area (Å²) in [6.07, 6.45) is 2.04. The van der Waals surface area contributed by atoms with Crippen molar-refractivity contribution in [1.82, 2.24) is 4.31 Å². The van der Waals surface area contributed by atoms with Gasteiger partial charge < -0.3 is 9.84 Å². The summed E-state index contributed by atoms with van der Waals surface area (Å²) in [5.74, 6) is -0.552. The molecule has 3 rings (SSSR count). The van der Waals surface area contributed by atoms with Crippen LogP contribution in [0.3, 0.4) is 0 Å². The fraction of sp³-hybridized carbons (Fsp3) is 0.423. The van der Waals surface area contributed by atoms with Crippen molar-refractivity contribution in [2.75, 3.05) is 13.1 Å². The molecule has 0 bridgehead atoms. The van der Waals surface area contributed by atoms with Gasteiger partial charge in [-0.15, -0.1) is 11.3 Å². The van der Waals surface area contributed by atoms with E-state index in [0.717, 1.165) is 33.2 Å². The van der Waals surface area contributed by atoms with Crippen LogP contribution in [-0.2, 0) is 21.2 Å². The highest BCUT2D eigenvalue weighted by Gasteiger charge is 2.30. The second-order valence-corrected chi connectivity index (χ2v) is 12.3. The molecule has 0 aliphatic carbocycles. The fourth-order valence-corrected chi connectivity index (χ4v) is 7.29. The second-order valence-electron chi connectivity index (χ2n) is 9.09. The molecule has 1 heterocycles. The molecule has 6 nitrogen and oxygen atoms in total. The van der Waals surface area contributed by atoms with Crippen LogP contribution < -0.4 is 4.74 Å². The predicted molar refractivity (Wildman–Crippen MR) is 137 cm³/mol. The van der Waals surface area contributed by atoms with Crippen LogP contribution in [0.5, 0.6) is 5.75 Å². The van der Waals surface area contributed by atoms with Crippen molar-refractivity contribution in [3.63, 3.8) is 0 Å². The first-order chi connectivity index (χ1) is 16.0. The zero-order valence-corrected chi connectivity index (χ0v) is 22.1. The Bertz CT molecular complexity index is 1280. The molecule has 0 amide bonds. The van der Waals surface area contributed by atoms with E-state index in [1.165, 1.54) is 25.2 Å². The quantitative estimate of drug-likeness (QED) is 0.358. The SMILES string of the molecule is CCCN(CCCc1cccc(OC(C)(C)C(=O)O)c1)S(=O)(=O)c1sc2ccc(C)cc2c1C. The molecule has 1 N–H and O–H groups in total. The van der Waals surface area contributed by atoms with Gasteiger partial charge in [-0.1, -0.05) is 36.8 Å². The number of thiophene rings is 1. The summed E-state index contributed by atoms with van der Waals surface area (Å²) < 4.78 is 35.8. The number of hydrogen-bond acceptors (Lipinski definition) is 5. The topological polar surface area (TPSA) is 83.9 Å². The van der Waals surface area contributed by atoms with Gasteiger partial charge in [0, 0.05) is 17.8 Å². The van der Waals surface area contributed by atoms with Gasteiger partial charge in [0.05, 0.1) is 0 Å². The van der Waals surface area contributed by atoms with Crippen molar-refractivity contribution in [2.45, 2.75) is 63.7 Å². The molecule has 8 heteroatoms. The molecule has 0 spiro atoms. The number of hydrogen-bond donors (Lipinski definition) is 1. The zero-order valence-electron chi connectivity index (χ0n) is 20.4. The van der Waals surface area contributed by atoms with Gasteiger partial charge in [-0.2, -0.15) is 4.31 Å². The number of carbonyl (C=O) groups is 1. The lowest BCUT2D eigenvalue weighted by molar-refractivity contribution is -0.152. The molecule has 34 heavy (non-hydrogen) atoms. The Morgan fingerprint density at radius 2 is 1.85 bits per heavy atom. The fourth-order valence-electron chi connectivity index (χ4n) is 3.84. The van der Waals surface area contributed by atoms with E-state index in [9.17, 15) is 18.3 Å². The zero-order chi connectivity index (χ0) is 25.1. The van der Waals surface area contributed by atoms with E-state index >= 15 is 0 Å². The number of fused-ring (bicyclic) bond motifs is 1. The van der Waals surface area contributed by atoms with E-state index in [2.05, 4.69) is 0 Å². The van der Waals surface area contributed by atoms with Crippen molar-refractivity contribution in [1.29, 1.82) is 0 Å². The third-order valence-corrected chi connectivity index (χ3v) is 9.52.